The Balaban J connectivity index is 2.12. The molecule has 0 aromatic rings. The minimum atomic E-state index is -0.456. The normalized spacial score (nSPS) is 32.9. The van der Waals surface area contributed by atoms with Crippen molar-refractivity contribution in [2.45, 2.75) is 32.6 Å². The Morgan fingerprint density at radius 2 is 2.40 bits per heavy atom. The Morgan fingerprint density at radius 1 is 1.60 bits per heavy atom. The van der Waals surface area contributed by atoms with Crippen molar-refractivity contribution in [1.82, 2.24) is 0 Å². The van der Waals surface area contributed by atoms with Crippen molar-refractivity contribution in [3.8, 4) is 0 Å². The molecule has 0 spiro atoms. The Bertz CT molecular complexity index is 122. The number of hydrogen-bond acceptors (Lipinski definition) is 1. The van der Waals surface area contributed by atoms with Crippen LogP contribution in [0.2, 0.25) is 0 Å². The molecule has 0 N–H and O–H groups in total. The minimum Gasteiger partial charge on any atom is -0.260 e. The van der Waals surface area contributed by atoms with Crippen molar-refractivity contribution < 1.29 is 4.21 Å². The van der Waals surface area contributed by atoms with E-state index >= 15 is 0 Å². The summed E-state index contributed by atoms with van der Waals surface area (Å²) in [5.74, 6) is 2.75. The van der Waals surface area contributed by atoms with E-state index in [-0.39, 0.29) is 0 Å². The van der Waals surface area contributed by atoms with Gasteiger partial charge < -0.3 is 0 Å². The summed E-state index contributed by atoms with van der Waals surface area (Å²) in [4.78, 5) is 0. The van der Waals surface area contributed by atoms with Crippen LogP contribution in [-0.4, -0.2) is 15.7 Å². The van der Waals surface area contributed by atoms with Gasteiger partial charge in [0.1, 0.15) is 0 Å². The third-order valence-corrected chi connectivity index (χ3v) is 3.68. The van der Waals surface area contributed by atoms with E-state index in [1.807, 2.05) is 0 Å². The lowest BCUT2D eigenvalue weighted by Gasteiger charge is -2.04. The monoisotopic (exact) mass is 160 g/mol. The summed E-state index contributed by atoms with van der Waals surface area (Å²) < 4.78 is 10.9. The summed E-state index contributed by atoms with van der Waals surface area (Å²) in [6.45, 7) is 2.21. The van der Waals surface area contributed by atoms with Crippen molar-refractivity contribution in [3.63, 3.8) is 0 Å². The molecule has 1 saturated heterocycles. The van der Waals surface area contributed by atoms with E-state index in [0.717, 1.165) is 17.4 Å². The van der Waals surface area contributed by atoms with Gasteiger partial charge in [0.2, 0.25) is 0 Å². The quantitative estimate of drug-likeness (QED) is 0.616. The maximum absolute atomic E-state index is 10.9. The van der Waals surface area contributed by atoms with Crippen LogP contribution in [0.5, 0.6) is 0 Å². The third-order valence-electron chi connectivity index (χ3n) is 2.14. The SMILES string of the molecule is CCCC[C@@H]1CC[S@](=O)C1. The van der Waals surface area contributed by atoms with Gasteiger partial charge in [-0.1, -0.05) is 19.8 Å². The summed E-state index contributed by atoms with van der Waals surface area (Å²) in [6, 6.07) is 0. The van der Waals surface area contributed by atoms with Crippen molar-refractivity contribution in [3.05, 3.63) is 0 Å². The fourth-order valence-corrected chi connectivity index (χ4v) is 3.07. The van der Waals surface area contributed by atoms with E-state index in [9.17, 15) is 4.21 Å². The molecule has 1 heterocycles. The molecule has 2 atom stereocenters. The van der Waals surface area contributed by atoms with Crippen molar-refractivity contribution >= 4 is 10.8 Å². The minimum absolute atomic E-state index is 0.456. The molecule has 0 unspecified atom stereocenters. The number of rotatable bonds is 3. The van der Waals surface area contributed by atoms with Crippen LogP contribution in [0.15, 0.2) is 0 Å². The summed E-state index contributed by atoms with van der Waals surface area (Å²) in [7, 11) is -0.456. The predicted molar refractivity (Wildman–Crippen MR) is 45.5 cm³/mol. The third kappa shape index (κ3) is 2.41. The molecule has 0 bridgehead atoms. The van der Waals surface area contributed by atoms with E-state index < -0.39 is 10.8 Å². The molecule has 1 fully saturated rings. The van der Waals surface area contributed by atoms with Crippen LogP contribution in [-0.2, 0) is 10.8 Å². The van der Waals surface area contributed by atoms with Gasteiger partial charge in [0.25, 0.3) is 0 Å². The molecule has 1 aliphatic heterocycles. The predicted octanol–water partition coefficient (Wildman–Crippen LogP) is 1.95. The van der Waals surface area contributed by atoms with Crippen molar-refractivity contribution in [2.75, 3.05) is 11.5 Å². The molecule has 0 aromatic carbocycles. The first-order valence-electron chi connectivity index (χ1n) is 4.18. The van der Waals surface area contributed by atoms with Crippen LogP contribution in [0.3, 0.4) is 0 Å². The van der Waals surface area contributed by atoms with Crippen LogP contribution >= 0.6 is 0 Å². The highest BCUT2D eigenvalue weighted by atomic mass is 32.2. The second-order valence-corrected chi connectivity index (χ2v) is 4.73. The Morgan fingerprint density at radius 3 is 2.90 bits per heavy atom. The summed E-state index contributed by atoms with van der Waals surface area (Å²) in [5, 5.41) is 0. The Hall–Kier alpha value is 0.150. The molecule has 0 amide bonds. The van der Waals surface area contributed by atoms with Crippen molar-refractivity contribution in [2.24, 2.45) is 5.92 Å². The zero-order valence-corrected chi connectivity index (χ0v) is 7.45. The fraction of sp³-hybridized carbons (Fsp3) is 1.00. The van der Waals surface area contributed by atoms with Crippen LogP contribution in [0, 0.1) is 5.92 Å². The highest BCUT2D eigenvalue weighted by molar-refractivity contribution is 7.85. The maximum atomic E-state index is 10.9. The molecular weight excluding hydrogens is 144 g/mol. The van der Waals surface area contributed by atoms with E-state index in [0.29, 0.717) is 0 Å². The van der Waals surface area contributed by atoms with Crippen LogP contribution < -0.4 is 0 Å². The van der Waals surface area contributed by atoms with Crippen LogP contribution in [0.25, 0.3) is 0 Å². The smallest absolute Gasteiger partial charge is 0.0263 e. The van der Waals surface area contributed by atoms with Gasteiger partial charge in [-0.3, -0.25) is 4.21 Å². The first-order chi connectivity index (χ1) is 4.83. The average molecular weight is 160 g/mol. The summed E-state index contributed by atoms with van der Waals surface area (Å²) >= 11 is 0. The topological polar surface area (TPSA) is 17.1 Å². The second-order valence-electron chi connectivity index (χ2n) is 3.11. The first kappa shape index (κ1) is 8.25. The average Bonchev–Trinajstić information content (AvgIpc) is 2.31. The Labute approximate surface area is 65.7 Å². The van der Waals surface area contributed by atoms with E-state index in [1.165, 1.54) is 25.7 Å². The van der Waals surface area contributed by atoms with Gasteiger partial charge in [-0.25, -0.2) is 0 Å². The molecule has 0 aliphatic carbocycles. The van der Waals surface area contributed by atoms with Crippen molar-refractivity contribution in [1.29, 1.82) is 0 Å². The fourth-order valence-electron chi connectivity index (χ4n) is 1.45. The molecule has 60 valence electrons. The molecule has 1 nitrogen and oxygen atoms in total. The van der Waals surface area contributed by atoms with E-state index in [4.69, 9.17) is 0 Å². The molecule has 0 radical (unpaired) electrons. The zero-order chi connectivity index (χ0) is 7.40. The highest BCUT2D eigenvalue weighted by Crippen LogP contribution is 2.20. The maximum Gasteiger partial charge on any atom is 0.0263 e. The second kappa shape index (κ2) is 4.12. The lowest BCUT2D eigenvalue weighted by molar-refractivity contribution is 0.516. The molecule has 1 rings (SSSR count). The molecular formula is C8H16OS. The van der Waals surface area contributed by atoms with Gasteiger partial charge in [0.15, 0.2) is 0 Å². The molecule has 10 heavy (non-hydrogen) atoms. The lowest BCUT2D eigenvalue weighted by Crippen LogP contribution is -1.99. The summed E-state index contributed by atoms with van der Waals surface area (Å²) in [5.41, 5.74) is 0. The van der Waals surface area contributed by atoms with E-state index in [2.05, 4.69) is 6.92 Å². The highest BCUT2D eigenvalue weighted by Gasteiger charge is 2.19. The van der Waals surface area contributed by atoms with Gasteiger partial charge in [0, 0.05) is 22.3 Å². The first-order valence-corrected chi connectivity index (χ1v) is 5.66. The zero-order valence-electron chi connectivity index (χ0n) is 6.64. The molecule has 0 aromatic heterocycles. The van der Waals surface area contributed by atoms with Crippen LogP contribution in [0.4, 0.5) is 0 Å². The van der Waals surface area contributed by atoms with E-state index in [1.54, 1.807) is 0 Å². The lowest BCUT2D eigenvalue weighted by atomic mass is 10.0. The van der Waals surface area contributed by atoms with Gasteiger partial charge in [-0.2, -0.15) is 0 Å². The van der Waals surface area contributed by atoms with Gasteiger partial charge in [0.05, 0.1) is 0 Å². The number of unbranched alkanes of at least 4 members (excludes halogenated alkanes) is 1. The Kier molecular flexibility index (Phi) is 3.40. The largest absolute Gasteiger partial charge is 0.260 e. The summed E-state index contributed by atoms with van der Waals surface area (Å²) in [6.07, 6.45) is 5.12. The number of hydrogen-bond donors (Lipinski definition) is 0. The molecule has 2 heteroatoms. The molecule has 0 saturated carbocycles. The molecule has 1 aliphatic rings. The van der Waals surface area contributed by atoms with Gasteiger partial charge in [-0.15, -0.1) is 0 Å². The van der Waals surface area contributed by atoms with Crippen LogP contribution in [0.1, 0.15) is 32.6 Å². The van der Waals surface area contributed by atoms with Gasteiger partial charge in [-0.05, 0) is 18.8 Å². The standard InChI is InChI=1S/C8H16OS/c1-2-3-4-8-5-6-10(9)7-8/h8H,2-7H2,1H3/t8-,10+/m1/s1. The van der Waals surface area contributed by atoms with Gasteiger partial charge >= 0.3 is 0 Å².